The van der Waals surface area contributed by atoms with Crippen molar-refractivity contribution in [2.75, 3.05) is 32.6 Å². The van der Waals surface area contributed by atoms with E-state index in [1.165, 1.54) is 0 Å². The maximum absolute atomic E-state index is 12.1. The second-order valence-electron chi connectivity index (χ2n) is 7.50. The first kappa shape index (κ1) is 22.6. The van der Waals surface area contributed by atoms with Gasteiger partial charge in [0.25, 0.3) is 0 Å². The number of benzene rings is 1. The number of unbranched alkanes of at least 4 members (excludes halogenated alkanes) is 1. The first-order valence-electron chi connectivity index (χ1n) is 10.8. The zero-order valence-electron chi connectivity index (χ0n) is 19.0. The van der Waals surface area contributed by atoms with Gasteiger partial charge in [0, 0.05) is 31.1 Å². The number of rotatable bonds is 11. The van der Waals surface area contributed by atoms with Gasteiger partial charge in [-0.15, -0.1) is 10.2 Å². The Kier molecular flexibility index (Phi) is 7.49. The number of carbonyl (C=O) groups is 1. The molecular weight excluding hydrogens is 396 g/mol. The van der Waals surface area contributed by atoms with Gasteiger partial charge in [0.1, 0.15) is 5.82 Å². The quantitative estimate of drug-likeness (QED) is 0.452. The van der Waals surface area contributed by atoms with Gasteiger partial charge in [-0.1, -0.05) is 13.8 Å². The molecule has 0 saturated heterocycles. The third-order valence-electron chi connectivity index (χ3n) is 5.54. The van der Waals surface area contributed by atoms with Crippen molar-refractivity contribution in [1.29, 1.82) is 0 Å². The van der Waals surface area contributed by atoms with E-state index < -0.39 is 0 Å². The number of fused-ring (bicyclic) bond motifs is 3. The average molecular weight is 429 g/mol. The fourth-order valence-electron chi connectivity index (χ4n) is 3.69. The third-order valence-corrected chi connectivity index (χ3v) is 5.54. The van der Waals surface area contributed by atoms with Gasteiger partial charge >= 0.3 is 0 Å². The fraction of sp³-hybridized carbons (Fsp3) is 0.545. The number of anilines is 1. The molecule has 2 aromatic heterocycles. The lowest BCUT2D eigenvalue weighted by Gasteiger charge is -2.14. The molecule has 0 fully saturated rings. The van der Waals surface area contributed by atoms with E-state index in [0.29, 0.717) is 36.1 Å². The highest BCUT2D eigenvalue weighted by Gasteiger charge is 2.16. The van der Waals surface area contributed by atoms with Gasteiger partial charge in [-0.25, -0.2) is 4.98 Å². The lowest BCUT2D eigenvalue weighted by atomic mass is 10.0. The highest BCUT2D eigenvalue weighted by Crippen LogP contribution is 2.33. The molecule has 9 heteroatoms. The molecule has 0 aliphatic carbocycles. The number of aryl methyl sites for hydroxylation is 1. The third kappa shape index (κ3) is 4.81. The molecule has 0 saturated carbocycles. The number of amides is 1. The van der Waals surface area contributed by atoms with Crippen LogP contribution >= 0.6 is 0 Å². The van der Waals surface area contributed by atoms with Gasteiger partial charge in [0.2, 0.25) is 11.6 Å². The number of aromatic nitrogens is 4. The van der Waals surface area contributed by atoms with Crippen LogP contribution in [-0.2, 0) is 4.79 Å². The van der Waals surface area contributed by atoms with E-state index in [1.54, 1.807) is 14.2 Å². The summed E-state index contributed by atoms with van der Waals surface area (Å²) in [5, 5.41) is 14.9. The van der Waals surface area contributed by atoms with Gasteiger partial charge in [-0.2, -0.15) is 0 Å². The summed E-state index contributed by atoms with van der Waals surface area (Å²) in [5.74, 6) is 2.94. The van der Waals surface area contributed by atoms with Gasteiger partial charge in [-0.3, -0.25) is 9.20 Å². The maximum atomic E-state index is 12.1. The summed E-state index contributed by atoms with van der Waals surface area (Å²) < 4.78 is 12.8. The number of ether oxygens (including phenoxy) is 2. The molecule has 1 aromatic carbocycles. The van der Waals surface area contributed by atoms with Gasteiger partial charge in [-0.05, 0) is 32.6 Å². The predicted octanol–water partition coefficient (Wildman–Crippen LogP) is 3.35. The molecule has 0 aliphatic heterocycles. The summed E-state index contributed by atoms with van der Waals surface area (Å²) >= 11 is 0. The molecule has 0 aliphatic rings. The van der Waals surface area contributed by atoms with Crippen LogP contribution in [0.5, 0.6) is 11.5 Å². The minimum absolute atomic E-state index is 0.111. The minimum atomic E-state index is 0.111. The van der Waals surface area contributed by atoms with Crippen molar-refractivity contribution in [3.63, 3.8) is 0 Å². The first-order chi connectivity index (χ1) is 15.0. The molecule has 9 nitrogen and oxygen atoms in total. The SMILES string of the molecule is CCC(CC)C(=O)NCCCCNc1nc2cc(OC)c(OC)cc2n2c(C)nnc12. The van der Waals surface area contributed by atoms with Crippen LogP contribution < -0.4 is 20.1 Å². The van der Waals surface area contributed by atoms with Gasteiger partial charge < -0.3 is 20.1 Å². The van der Waals surface area contributed by atoms with Crippen molar-refractivity contribution >= 4 is 28.4 Å². The second-order valence-corrected chi connectivity index (χ2v) is 7.50. The van der Waals surface area contributed by atoms with Crippen molar-refractivity contribution in [3.05, 3.63) is 18.0 Å². The molecule has 0 bridgehead atoms. The Morgan fingerprint density at radius 2 is 1.74 bits per heavy atom. The van der Waals surface area contributed by atoms with Gasteiger partial charge in [0.15, 0.2) is 17.3 Å². The molecule has 0 unspecified atom stereocenters. The zero-order valence-corrected chi connectivity index (χ0v) is 19.0. The van der Waals surface area contributed by atoms with Crippen LogP contribution in [0.2, 0.25) is 0 Å². The Labute approximate surface area is 182 Å². The Balaban J connectivity index is 1.70. The predicted molar refractivity (Wildman–Crippen MR) is 121 cm³/mol. The van der Waals surface area contributed by atoms with Crippen LogP contribution in [0.4, 0.5) is 5.82 Å². The Hall–Kier alpha value is -3.10. The minimum Gasteiger partial charge on any atom is -0.493 e. The number of carbonyl (C=O) groups excluding carboxylic acids is 1. The smallest absolute Gasteiger partial charge is 0.223 e. The zero-order chi connectivity index (χ0) is 22.4. The topological polar surface area (TPSA) is 103 Å². The molecule has 0 atom stereocenters. The van der Waals surface area contributed by atoms with E-state index in [-0.39, 0.29) is 11.8 Å². The van der Waals surface area contributed by atoms with Crippen LogP contribution in [0, 0.1) is 12.8 Å². The molecule has 0 radical (unpaired) electrons. The van der Waals surface area contributed by atoms with Crippen molar-refractivity contribution < 1.29 is 14.3 Å². The summed E-state index contributed by atoms with van der Waals surface area (Å²) in [6.45, 7) is 7.40. The molecule has 1 amide bonds. The maximum Gasteiger partial charge on any atom is 0.223 e. The lowest BCUT2D eigenvalue weighted by Crippen LogP contribution is -2.31. The highest BCUT2D eigenvalue weighted by molar-refractivity contribution is 5.85. The molecule has 3 rings (SSSR count). The number of nitrogens with zero attached hydrogens (tertiary/aromatic N) is 4. The van der Waals surface area contributed by atoms with Crippen LogP contribution in [-0.4, -0.2) is 52.8 Å². The molecule has 31 heavy (non-hydrogen) atoms. The van der Waals surface area contributed by atoms with E-state index in [4.69, 9.17) is 14.5 Å². The van der Waals surface area contributed by atoms with E-state index in [2.05, 4.69) is 20.8 Å². The molecule has 0 spiro atoms. The van der Waals surface area contributed by atoms with E-state index in [1.807, 2.05) is 37.3 Å². The summed E-state index contributed by atoms with van der Waals surface area (Å²) in [7, 11) is 3.21. The number of hydrogen-bond donors (Lipinski definition) is 2. The van der Waals surface area contributed by atoms with Crippen molar-refractivity contribution in [2.24, 2.45) is 5.92 Å². The number of hydrogen-bond acceptors (Lipinski definition) is 7. The standard InChI is InChI=1S/C22H32N6O3/c1-6-15(7-2)22(29)24-11-9-8-10-23-20-21-27-26-14(3)28(21)17-13-19(31-5)18(30-4)12-16(17)25-20/h12-13,15H,6-11H2,1-5H3,(H,23,25)(H,24,29). The molecular formula is C22H32N6O3. The van der Waals surface area contributed by atoms with Gasteiger partial charge in [0.05, 0.1) is 25.3 Å². The van der Waals surface area contributed by atoms with Crippen molar-refractivity contribution in [1.82, 2.24) is 24.9 Å². The Morgan fingerprint density at radius 3 is 2.42 bits per heavy atom. The van der Waals surface area contributed by atoms with Crippen LogP contribution in [0.3, 0.4) is 0 Å². The van der Waals surface area contributed by atoms with Crippen LogP contribution in [0.25, 0.3) is 16.7 Å². The van der Waals surface area contributed by atoms with E-state index >= 15 is 0 Å². The summed E-state index contributed by atoms with van der Waals surface area (Å²) in [4.78, 5) is 16.8. The first-order valence-corrected chi connectivity index (χ1v) is 10.8. The fourth-order valence-corrected chi connectivity index (χ4v) is 3.69. The van der Waals surface area contributed by atoms with Crippen LogP contribution in [0.15, 0.2) is 12.1 Å². The number of nitrogens with one attached hydrogen (secondary N) is 2. The van der Waals surface area contributed by atoms with Crippen molar-refractivity contribution in [3.8, 4) is 11.5 Å². The average Bonchev–Trinajstić information content (AvgIpc) is 3.17. The summed E-state index contributed by atoms with van der Waals surface area (Å²) in [5.41, 5.74) is 2.28. The normalized spacial score (nSPS) is 11.3. The lowest BCUT2D eigenvalue weighted by molar-refractivity contribution is -0.125. The molecule has 2 heterocycles. The number of methoxy groups -OCH3 is 2. The van der Waals surface area contributed by atoms with E-state index in [9.17, 15) is 4.79 Å². The summed E-state index contributed by atoms with van der Waals surface area (Å²) in [6, 6.07) is 3.74. The van der Waals surface area contributed by atoms with Crippen molar-refractivity contribution in [2.45, 2.75) is 46.5 Å². The largest absolute Gasteiger partial charge is 0.493 e. The molecule has 3 aromatic rings. The Bertz CT molecular complexity index is 1040. The molecule has 2 N–H and O–H groups in total. The van der Waals surface area contributed by atoms with Crippen LogP contribution in [0.1, 0.15) is 45.4 Å². The Morgan fingerprint density at radius 1 is 1.06 bits per heavy atom. The second kappa shape index (κ2) is 10.3. The highest BCUT2D eigenvalue weighted by atomic mass is 16.5. The molecule has 168 valence electrons. The summed E-state index contributed by atoms with van der Waals surface area (Å²) in [6.07, 6.45) is 3.54. The van der Waals surface area contributed by atoms with E-state index in [0.717, 1.165) is 42.5 Å². The monoisotopic (exact) mass is 428 g/mol.